The summed E-state index contributed by atoms with van der Waals surface area (Å²) in [5.74, 6) is 0.640. The molecule has 0 N–H and O–H groups in total. The first-order chi connectivity index (χ1) is 9.34. The van der Waals surface area contributed by atoms with Crippen molar-refractivity contribution in [3.8, 4) is 0 Å². The van der Waals surface area contributed by atoms with Gasteiger partial charge in [0, 0.05) is 0 Å². The van der Waals surface area contributed by atoms with E-state index in [1.165, 1.54) is 11.3 Å². The van der Waals surface area contributed by atoms with Crippen LogP contribution in [0.5, 0.6) is 0 Å². The molecular weight excluding hydrogens is 262 g/mol. The van der Waals surface area contributed by atoms with Crippen molar-refractivity contribution in [2.75, 3.05) is 0 Å². The average Bonchev–Trinajstić information content (AvgIpc) is 3.04. The van der Waals surface area contributed by atoms with E-state index in [0.717, 1.165) is 16.2 Å². The van der Waals surface area contributed by atoms with Crippen molar-refractivity contribution in [2.24, 2.45) is 5.16 Å². The van der Waals surface area contributed by atoms with Gasteiger partial charge in [-0.05, 0) is 12.5 Å². The second-order valence-corrected chi connectivity index (χ2v) is 4.68. The summed E-state index contributed by atoms with van der Waals surface area (Å²) in [6.45, 7) is 2.15. The van der Waals surface area contributed by atoms with E-state index in [9.17, 15) is 0 Å². The lowest BCUT2D eigenvalue weighted by Crippen LogP contribution is -2.00. The molecule has 0 spiro atoms. The zero-order chi connectivity index (χ0) is 13.1. The standard InChI is InChI=1S/C12H11N5OS/c1-9(10-5-3-2-4-6-10)16-18-7-11-14-15-12-17(11)13-8-19-12/h2-6,8H,7H2,1H3/b16-9+. The molecule has 0 saturated carbocycles. The van der Waals surface area contributed by atoms with E-state index in [-0.39, 0.29) is 6.61 Å². The lowest BCUT2D eigenvalue weighted by atomic mass is 10.1. The van der Waals surface area contributed by atoms with E-state index in [0.29, 0.717) is 5.82 Å². The first-order valence-corrected chi connectivity index (χ1v) is 6.58. The van der Waals surface area contributed by atoms with E-state index in [1.54, 1.807) is 10.0 Å². The highest BCUT2D eigenvalue weighted by atomic mass is 32.1. The Bertz CT molecular complexity index is 703. The van der Waals surface area contributed by atoms with Gasteiger partial charge in [-0.3, -0.25) is 0 Å². The summed E-state index contributed by atoms with van der Waals surface area (Å²) in [4.78, 5) is 6.05. The Kier molecular flexibility index (Phi) is 3.20. The number of hydrogen-bond acceptors (Lipinski definition) is 6. The van der Waals surface area contributed by atoms with Crippen molar-refractivity contribution in [1.82, 2.24) is 19.8 Å². The minimum Gasteiger partial charge on any atom is -0.387 e. The molecular formula is C12H11N5OS. The fourth-order valence-corrected chi connectivity index (χ4v) is 2.19. The number of hydrogen-bond donors (Lipinski definition) is 0. The predicted octanol–water partition coefficient (Wildman–Crippen LogP) is 2.13. The van der Waals surface area contributed by atoms with Gasteiger partial charge < -0.3 is 4.84 Å². The Hall–Kier alpha value is -2.28. The number of rotatable bonds is 4. The second-order valence-electron chi connectivity index (χ2n) is 3.87. The summed E-state index contributed by atoms with van der Waals surface area (Å²) in [6, 6.07) is 9.86. The van der Waals surface area contributed by atoms with Crippen LogP contribution in [-0.2, 0) is 11.4 Å². The topological polar surface area (TPSA) is 64.7 Å². The predicted molar refractivity (Wildman–Crippen MR) is 72.1 cm³/mol. The lowest BCUT2D eigenvalue weighted by molar-refractivity contribution is 0.123. The third-order valence-corrected chi connectivity index (χ3v) is 3.25. The molecule has 0 amide bonds. The normalized spacial score (nSPS) is 11.9. The van der Waals surface area contributed by atoms with Crippen LogP contribution in [0.15, 0.2) is 41.0 Å². The maximum absolute atomic E-state index is 5.30. The first kappa shape index (κ1) is 11.8. The third kappa shape index (κ3) is 2.45. The van der Waals surface area contributed by atoms with Gasteiger partial charge in [-0.1, -0.05) is 46.8 Å². The highest BCUT2D eigenvalue weighted by molar-refractivity contribution is 7.14. The number of nitrogens with zero attached hydrogens (tertiary/aromatic N) is 5. The molecule has 0 saturated heterocycles. The summed E-state index contributed by atoms with van der Waals surface area (Å²) < 4.78 is 1.65. The Morgan fingerprint density at radius 3 is 3.00 bits per heavy atom. The number of benzene rings is 1. The molecule has 0 radical (unpaired) electrons. The van der Waals surface area contributed by atoms with Gasteiger partial charge >= 0.3 is 0 Å². The van der Waals surface area contributed by atoms with Gasteiger partial charge in [0.05, 0.1) is 5.71 Å². The molecule has 2 aromatic heterocycles. The molecule has 0 bridgehead atoms. The van der Waals surface area contributed by atoms with Gasteiger partial charge in [0.25, 0.3) is 0 Å². The molecule has 0 atom stereocenters. The largest absolute Gasteiger partial charge is 0.387 e. The van der Waals surface area contributed by atoms with E-state index >= 15 is 0 Å². The zero-order valence-electron chi connectivity index (χ0n) is 10.2. The Balaban J connectivity index is 1.69. The maximum atomic E-state index is 5.30. The van der Waals surface area contributed by atoms with Crippen molar-refractivity contribution < 1.29 is 4.84 Å². The van der Waals surface area contributed by atoms with Gasteiger partial charge in [-0.25, -0.2) is 0 Å². The van der Waals surface area contributed by atoms with Gasteiger partial charge in [-0.2, -0.15) is 9.61 Å². The molecule has 7 heteroatoms. The molecule has 6 nitrogen and oxygen atoms in total. The molecule has 0 unspecified atom stereocenters. The molecule has 3 rings (SSSR count). The van der Waals surface area contributed by atoms with Crippen LogP contribution in [0.25, 0.3) is 4.96 Å². The van der Waals surface area contributed by atoms with Crippen molar-refractivity contribution in [2.45, 2.75) is 13.5 Å². The van der Waals surface area contributed by atoms with Crippen LogP contribution in [0.3, 0.4) is 0 Å². The van der Waals surface area contributed by atoms with E-state index in [2.05, 4.69) is 20.5 Å². The van der Waals surface area contributed by atoms with Crippen LogP contribution in [-0.4, -0.2) is 25.5 Å². The number of aromatic nitrogens is 4. The Labute approximate surface area is 113 Å². The van der Waals surface area contributed by atoms with Crippen LogP contribution in [0.1, 0.15) is 18.3 Å². The van der Waals surface area contributed by atoms with Crippen LogP contribution in [0, 0.1) is 0 Å². The van der Waals surface area contributed by atoms with Crippen molar-refractivity contribution in [3.63, 3.8) is 0 Å². The third-order valence-electron chi connectivity index (χ3n) is 2.58. The molecule has 0 aliphatic rings. The monoisotopic (exact) mass is 273 g/mol. The van der Waals surface area contributed by atoms with Crippen molar-refractivity contribution in [1.29, 1.82) is 0 Å². The summed E-state index contributed by atoms with van der Waals surface area (Å²) in [5.41, 5.74) is 3.56. The first-order valence-electron chi connectivity index (χ1n) is 5.70. The van der Waals surface area contributed by atoms with E-state index < -0.39 is 0 Å². The minimum absolute atomic E-state index is 0.245. The zero-order valence-corrected chi connectivity index (χ0v) is 11.0. The van der Waals surface area contributed by atoms with Crippen molar-refractivity contribution >= 4 is 22.0 Å². The molecule has 2 heterocycles. The minimum atomic E-state index is 0.245. The molecule has 1 aromatic carbocycles. The quantitative estimate of drug-likeness (QED) is 0.539. The maximum Gasteiger partial charge on any atom is 0.234 e. The molecule has 0 aliphatic carbocycles. The summed E-state index contributed by atoms with van der Waals surface area (Å²) >= 11 is 1.43. The Morgan fingerprint density at radius 2 is 2.16 bits per heavy atom. The summed E-state index contributed by atoms with van der Waals surface area (Å²) in [6.07, 6.45) is 0. The highest BCUT2D eigenvalue weighted by Crippen LogP contribution is 2.08. The molecule has 19 heavy (non-hydrogen) atoms. The fourth-order valence-electron chi connectivity index (χ4n) is 1.61. The van der Waals surface area contributed by atoms with E-state index in [1.807, 2.05) is 37.3 Å². The van der Waals surface area contributed by atoms with Crippen LogP contribution < -0.4 is 0 Å². The number of oxime groups is 1. The van der Waals surface area contributed by atoms with Crippen LogP contribution in [0.2, 0.25) is 0 Å². The lowest BCUT2D eigenvalue weighted by Gasteiger charge is -2.00. The smallest absolute Gasteiger partial charge is 0.234 e. The fraction of sp³-hybridized carbons (Fsp3) is 0.167. The van der Waals surface area contributed by atoms with Gasteiger partial charge in [0.1, 0.15) is 5.51 Å². The van der Waals surface area contributed by atoms with Crippen molar-refractivity contribution in [3.05, 3.63) is 47.2 Å². The van der Waals surface area contributed by atoms with E-state index in [4.69, 9.17) is 4.84 Å². The molecule has 3 aromatic rings. The Morgan fingerprint density at radius 1 is 1.32 bits per heavy atom. The molecule has 0 aliphatic heterocycles. The second kappa shape index (κ2) is 5.15. The van der Waals surface area contributed by atoms with Crippen LogP contribution >= 0.6 is 11.3 Å². The highest BCUT2D eigenvalue weighted by Gasteiger charge is 2.07. The summed E-state index contributed by atoms with van der Waals surface area (Å²) in [7, 11) is 0. The van der Waals surface area contributed by atoms with Gasteiger partial charge in [-0.15, -0.1) is 10.2 Å². The summed E-state index contributed by atoms with van der Waals surface area (Å²) in [5, 5.41) is 16.2. The van der Waals surface area contributed by atoms with Gasteiger partial charge in [0.15, 0.2) is 12.4 Å². The SMILES string of the molecule is C/C(=N\OCc1nnc2scnn12)c1ccccc1. The molecule has 0 fully saturated rings. The molecule has 96 valence electrons. The van der Waals surface area contributed by atoms with Gasteiger partial charge in [0.2, 0.25) is 4.96 Å². The average molecular weight is 273 g/mol. The van der Waals surface area contributed by atoms with Crippen LogP contribution in [0.4, 0.5) is 0 Å². The number of fused-ring (bicyclic) bond motifs is 1.